The van der Waals surface area contributed by atoms with Crippen LogP contribution in [0.3, 0.4) is 0 Å². The number of fused-ring (bicyclic) bond motifs is 1. The van der Waals surface area contributed by atoms with E-state index in [0.717, 1.165) is 24.8 Å². The molecule has 4 rings (SSSR count). The van der Waals surface area contributed by atoms with E-state index in [9.17, 15) is 4.79 Å². The van der Waals surface area contributed by atoms with Crippen LogP contribution < -0.4 is 5.32 Å². The minimum absolute atomic E-state index is 0.106. The van der Waals surface area contributed by atoms with Gasteiger partial charge in [0.25, 0.3) is 5.91 Å². The lowest BCUT2D eigenvalue weighted by Gasteiger charge is -2.26. The summed E-state index contributed by atoms with van der Waals surface area (Å²) in [5.74, 6) is 0.391. The van der Waals surface area contributed by atoms with Crippen LogP contribution in [0.15, 0.2) is 24.5 Å². The molecule has 1 atom stereocenters. The number of ether oxygens (including phenoxy) is 1. The third-order valence-electron chi connectivity index (χ3n) is 4.69. The van der Waals surface area contributed by atoms with Crippen molar-refractivity contribution in [3.05, 3.63) is 51.3 Å². The molecule has 1 N–H and O–H groups in total. The van der Waals surface area contributed by atoms with E-state index in [1.165, 1.54) is 5.56 Å². The number of halogens is 2. The maximum atomic E-state index is 12.4. The van der Waals surface area contributed by atoms with Crippen molar-refractivity contribution in [2.75, 3.05) is 25.2 Å². The number of hydrogen-bond donors (Lipinski definition) is 1. The first-order valence-electron chi connectivity index (χ1n) is 8.53. The predicted octanol–water partition coefficient (Wildman–Crippen LogP) is 3.18. The van der Waals surface area contributed by atoms with Gasteiger partial charge in [0.1, 0.15) is 6.73 Å². The van der Waals surface area contributed by atoms with Crippen LogP contribution in [0, 0.1) is 0 Å². The van der Waals surface area contributed by atoms with Crippen molar-refractivity contribution in [3.63, 3.8) is 0 Å². The van der Waals surface area contributed by atoms with E-state index in [1.54, 1.807) is 17.3 Å². The third-order valence-corrected chi connectivity index (χ3v) is 5.54. The number of carbonyl (C=O) groups is 1. The van der Waals surface area contributed by atoms with E-state index in [0.29, 0.717) is 41.4 Å². The number of nitrogens with one attached hydrogen (secondary N) is 1. The average molecular weight is 393 g/mol. The highest BCUT2D eigenvalue weighted by atomic mass is 35.5. The number of benzene rings is 1. The molecule has 2 aromatic rings. The Labute approximate surface area is 161 Å². The average Bonchev–Trinajstić information content (AvgIpc) is 3.09. The molecule has 8 heteroatoms. The molecule has 2 aliphatic rings. The molecule has 0 spiro atoms. The quantitative estimate of drug-likeness (QED) is 0.868. The molecule has 1 fully saturated rings. The first-order chi connectivity index (χ1) is 12.6. The van der Waals surface area contributed by atoms with Gasteiger partial charge in [-0.3, -0.25) is 4.79 Å². The minimum Gasteiger partial charge on any atom is -0.361 e. The van der Waals surface area contributed by atoms with Crippen LogP contribution in [0.1, 0.15) is 27.9 Å². The summed E-state index contributed by atoms with van der Waals surface area (Å²) in [4.78, 5) is 22.6. The van der Waals surface area contributed by atoms with Crippen molar-refractivity contribution in [2.45, 2.75) is 25.3 Å². The summed E-state index contributed by atoms with van der Waals surface area (Å²) in [6.45, 7) is 1.72. The second kappa shape index (κ2) is 7.39. The van der Waals surface area contributed by atoms with Crippen LogP contribution in [-0.2, 0) is 17.6 Å². The largest absolute Gasteiger partial charge is 0.361 e. The smallest absolute Gasteiger partial charge is 0.258 e. The number of nitrogens with zero attached hydrogens (tertiary/aromatic N) is 3. The number of anilines is 1. The van der Waals surface area contributed by atoms with Crippen LogP contribution in [0.4, 0.5) is 5.95 Å². The zero-order valence-corrected chi connectivity index (χ0v) is 15.6. The number of hydrogen-bond acceptors (Lipinski definition) is 5. The van der Waals surface area contributed by atoms with Crippen molar-refractivity contribution >= 4 is 35.1 Å². The predicted molar refractivity (Wildman–Crippen MR) is 99.8 cm³/mol. The monoisotopic (exact) mass is 392 g/mol. The first-order valence-corrected chi connectivity index (χ1v) is 9.29. The molecule has 1 aliphatic heterocycles. The molecule has 1 amide bonds. The third kappa shape index (κ3) is 3.49. The van der Waals surface area contributed by atoms with Gasteiger partial charge in [-0.15, -0.1) is 0 Å². The number of rotatable bonds is 3. The number of aromatic nitrogens is 2. The molecular weight excluding hydrogens is 375 g/mol. The lowest BCUT2D eigenvalue weighted by molar-refractivity contribution is -0.00575. The molecular formula is C18H18Cl2N4O2. The summed E-state index contributed by atoms with van der Waals surface area (Å²) in [5.41, 5.74) is 2.73. The van der Waals surface area contributed by atoms with Gasteiger partial charge in [-0.1, -0.05) is 29.3 Å². The molecule has 0 radical (unpaired) electrons. The second-order valence-corrected chi connectivity index (χ2v) is 7.29. The van der Waals surface area contributed by atoms with E-state index in [1.807, 2.05) is 12.1 Å². The highest BCUT2D eigenvalue weighted by Crippen LogP contribution is 2.34. The summed E-state index contributed by atoms with van der Waals surface area (Å²) < 4.78 is 5.32. The Morgan fingerprint density at radius 1 is 1.23 bits per heavy atom. The van der Waals surface area contributed by atoms with Crippen LogP contribution in [0.2, 0.25) is 10.0 Å². The molecule has 1 saturated heterocycles. The summed E-state index contributed by atoms with van der Waals surface area (Å²) in [5, 5.41) is 4.51. The molecule has 1 unspecified atom stereocenters. The fourth-order valence-corrected chi connectivity index (χ4v) is 3.80. The minimum atomic E-state index is -0.106. The van der Waals surface area contributed by atoms with Crippen LogP contribution >= 0.6 is 23.2 Å². The SMILES string of the molecule is O=C(c1cnc(NC2Cc3ccc(Cl)c(Cl)c3C2)nc1)N1CCCOC1. The summed E-state index contributed by atoms with van der Waals surface area (Å²) >= 11 is 12.4. The van der Waals surface area contributed by atoms with Gasteiger partial charge in [0.2, 0.25) is 5.95 Å². The topological polar surface area (TPSA) is 67.4 Å². The van der Waals surface area contributed by atoms with Gasteiger partial charge in [0.15, 0.2) is 0 Å². The van der Waals surface area contributed by atoms with Gasteiger partial charge in [-0.25, -0.2) is 9.97 Å². The van der Waals surface area contributed by atoms with Crippen molar-refractivity contribution in [3.8, 4) is 0 Å². The fraction of sp³-hybridized carbons (Fsp3) is 0.389. The van der Waals surface area contributed by atoms with Crippen LogP contribution in [0.5, 0.6) is 0 Å². The normalized spacial score (nSPS) is 19.3. The van der Waals surface area contributed by atoms with Crippen molar-refractivity contribution in [2.24, 2.45) is 0 Å². The van der Waals surface area contributed by atoms with Crippen LogP contribution in [-0.4, -0.2) is 46.7 Å². The van der Waals surface area contributed by atoms with E-state index >= 15 is 0 Å². The molecule has 26 heavy (non-hydrogen) atoms. The summed E-state index contributed by atoms with van der Waals surface area (Å²) in [6, 6.07) is 3.99. The van der Waals surface area contributed by atoms with Gasteiger partial charge >= 0.3 is 0 Å². The lowest BCUT2D eigenvalue weighted by Crippen LogP contribution is -2.38. The number of amides is 1. The summed E-state index contributed by atoms with van der Waals surface area (Å²) in [7, 11) is 0. The zero-order chi connectivity index (χ0) is 18.1. The molecule has 1 aromatic heterocycles. The molecule has 2 heterocycles. The molecule has 0 bridgehead atoms. The van der Waals surface area contributed by atoms with Gasteiger partial charge in [0.05, 0.1) is 22.2 Å². The molecule has 6 nitrogen and oxygen atoms in total. The van der Waals surface area contributed by atoms with Gasteiger partial charge in [-0.05, 0) is 36.5 Å². The van der Waals surface area contributed by atoms with Crippen molar-refractivity contribution in [1.82, 2.24) is 14.9 Å². The molecule has 1 aliphatic carbocycles. The molecule has 0 saturated carbocycles. The van der Waals surface area contributed by atoms with Gasteiger partial charge in [0, 0.05) is 25.0 Å². The Morgan fingerprint density at radius 3 is 2.77 bits per heavy atom. The fourth-order valence-electron chi connectivity index (χ4n) is 3.37. The Hall–Kier alpha value is -1.89. The van der Waals surface area contributed by atoms with E-state index in [2.05, 4.69) is 15.3 Å². The van der Waals surface area contributed by atoms with E-state index < -0.39 is 0 Å². The van der Waals surface area contributed by atoms with Crippen molar-refractivity contribution in [1.29, 1.82) is 0 Å². The van der Waals surface area contributed by atoms with E-state index in [4.69, 9.17) is 27.9 Å². The standard InChI is InChI=1S/C18H18Cl2N4O2/c19-15-3-2-11-6-13(7-14(11)16(15)20)23-18-21-8-12(9-22-18)17(25)24-4-1-5-26-10-24/h2-3,8-9,13H,1,4-7,10H2,(H,21,22,23). The summed E-state index contributed by atoms with van der Waals surface area (Å²) in [6.07, 6.45) is 5.56. The van der Waals surface area contributed by atoms with Gasteiger partial charge < -0.3 is 15.0 Å². The van der Waals surface area contributed by atoms with Crippen LogP contribution in [0.25, 0.3) is 0 Å². The first kappa shape index (κ1) is 17.5. The second-order valence-electron chi connectivity index (χ2n) is 6.50. The maximum absolute atomic E-state index is 12.4. The lowest BCUT2D eigenvalue weighted by atomic mass is 10.1. The maximum Gasteiger partial charge on any atom is 0.258 e. The highest BCUT2D eigenvalue weighted by Gasteiger charge is 2.25. The highest BCUT2D eigenvalue weighted by molar-refractivity contribution is 6.42. The Kier molecular flexibility index (Phi) is 4.98. The Balaban J connectivity index is 1.41. The Bertz CT molecular complexity index is 823. The molecule has 136 valence electrons. The van der Waals surface area contributed by atoms with Crippen molar-refractivity contribution < 1.29 is 9.53 Å². The zero-order valence-electron chi connectivity index (χ0n) is 14.0. The van der Waals surface area contributed by atoms with E-state index in [-0.39, 0.29) is 11.9 Å². The van der Waals surface area contributed by atoms with Gasteiger partial charge in [-0.2, -0.15) is 0 Å². The number of carbonyl (C=O) groups excluding carboxylic acids is 1. The molecule has 1 aromatic carbocycles. The Morgan fingerprint density at radius 2 is 2.04 bits per heavy atom.